The Bertz CT molecular complexity index is 438. The van der Waals surface area contributed by atoms with Crippen LogP contribution in [0.5, 0.6) is 11.5 Å². The number of amides is 1. The number of para-hydroxylation sites is 1. The SMILES string of the molecule is CCCCCOc1c(CNC(=O)CCCl)cccc1OC. The number of methoxy groups -OCH3 is 1. The number of halogens is 1. The molecule has 0 saturated heterocycles. The molecule has 0 heterocycles. The van der Waals surface area contributed by atoms with Crippen LogP contribution in [0.25, 0.3) is 0 Å². The predicted molar refractivity (Wildman–Crippen MR) is 85.2 cm³/mol. The van der Waals surface area contributed by atoms with Crippen molar-refractivity contribution in [2.75, 3.05) is 19.6 Å². The summed E-state index contributed by atoms with van der Waals surface area (Å²) in [6.45, 7) is 3.22. The molecule has 1 rings (SSSR count). The fourth-order valence-electron chi connectivity index (χ4n) is 1.92. The molecule has 1 amide bonds. The van der Waals surface area contributed by atoms with Crippen LogP contribution in [0.3, 0.4) is 0 Å². The van der Waals surface area contributed by atoms with Crippen molar-refractivity contribution in [1.82, 2.24) is 5.32 Å². The molecule has 5 heteroatoms. The Balaban J connectivity index is 2.69. The van der Waals surface area contributed by atoms with Crippen LogP contribution in [-0.2, 0) is 11.3 Å². The summed E-state index contributed by atoms with van der Waals surface area (Å²) in [4.78, 5) is 11.5. The Morgan fingerprint density at radius 3 is 2.81 bits per heavy atom. The first kappa shape index (κ1) is 17.6. The molecule has 4 nitrogen and oxygen atoms in total. The van der Waals surface area contributed by atoms with E-state index in [1.54, 1.807) is 7.11 Å². The molecule has 0 bridgehead atoms. The zero-order valence-corrected chi connectivity index (χ0v) is 13.5. The molecule has 1 aromatic carbocycles. The molecule has 0 unspecified atom stereocenters. The van der Waals surface area contributed by atoms with Crippen LogP contribution in [0.4, 0.5) is 0 Å². The minimum atomic E-state index is -0.0650. The molecule has 0 aliphatic heterocycles. The number of unbranched alkanes of at least 4 members (excludes halogenated alkanes) is 2. The summed E-state index contributed by atoms with van der Waals surface area (Å²) in [7, 11) is 1.62. The quantitative estimate of drug-likeness (QED) is 0.531. The van der Waals surface area contributed by atoms with Gasteiger partial charge in [-0.05, 0) is 12.5 Å². The van der Waals surface area contributed by atoms with Crippen molar-refractivity contribution in [3.8, 4) is 11.5 Å². The van der Waals surface area contributed by atoms with Crippen molar-refractivity contribution in [3.05, 3.63) is 23.8 Å². The second kappa shape index (κ2) is 10.3. The van der Waals surface area contributed by atoms with Gasteiger partial charge in [0.1, 0.15) is 0 Å². The van der Waals surface area contributed by atoms with Crippen molar-refractivity contribution >= 4 is 17.5 Å². The van der Waals surface area contributed by atoms with Gasteiger partial charge in [0.15, 0.2) is 11.5 Å². The van der Waals surface area contributed by atoms with E-state index in [0.29, 0.717) is 37.0 Å². The first-order valence-electron chi connectivity index (χ1n) is 7.34. The summed E-state index contributed by atoms with van der Waals surface area (Å²) in [6.07, 6.45) is 3.61. The molecular formula is C16H24ClNO3. The highest BCUT2D eigenvalue weighted by atomic mass is 35.5. The van der Waals surface area contributed by atoms with E-state index in [1.165, 1.54) is 0 Å². The zero-order chi connectivity index (χ0) is 15.5. The molecule has 0 radical (unpaired) electrons. The summed E-state index contributed by atoms with van der Waals surface area (Å²) in [5.74, 6) is 1.66. The van der Waals surface area contributed by atoms with Gasteiger partial charge in [-0.15, -0.1) is 11.6 Å². The lowest BCUT2D eigenvalue weighted by Crippen LogP contribution is -2.23. The summed E-state index contributed by atoms with van der Waals surface area (Å²) >= 11 is 5.55. The average Bonchev–Trinajstić information content (AvgIpc) is 2.50. The van der Waals surface area contributed by atoms with Gasteiger partial charge in [0.25, 0.3) is 0 Å². The third-order valence-corrected chi connectivity index (χ3v) is 3.26. The van der Waals surface area contributed by atoms with Gasteiger partial charge in [-0.1, -0.05) is 31.9 Å². The molecule has 21 heavy (non-hydrogen) atoms. The van der Waals surface area contributed by atoms with Gasteiger partial charge in [-0.25, -0.2) is 0 Å². The van der Waals surface area contributed by atoms with Crippen LogP contribution in [0.1, 0.15) is 38.2 Å². The smallest absolute Gasteiger partial charge is 0.221 e. The van der Waals surface area contributed by atoms with E-state index < -0.39 is 0 Å². The number of nitrogens with one attached hydrogen (secondary N) is 1. The van der Waals surface area contributed by atoms with Gasteiger partial charge in [0.05, 0.1) is 13.7 Å². The van der Waals surface area contributed by atoms with Crippen molar-refractivity contribution in [1.29, 1.82) is 0 Å². The monoisotopic (exact) mass is 313 g/mol. The molecule has 0 atom stereocenters. The van der Waals surface area contributed by atoms with Crippen molar-refractivity contribution < 1.29 is 14.3 Å². The number of hydrogen-bond donors (Lipinski definition) is 1. The fourth-order valence-corrected chi connectivity index (χ4v) is 2.09. The average molecular weight is 314 g/mol. The first-order chi connectivity index (χ1) is 10.2. The topological polar surface area (TPSA) is 47.6 Å². The van der Waals surface area contributed by atoms with Gasteiger partial charge < -0.3 is 14.8 Å². The maximum Gasteiger partial charge on any atom is 0.221 e. The van der Waals surface area contributed by atoms with Crippen molar-refractivity contribution in [2.24, 2.45) is 0 Å². The second-order valence-electron chi connectivity index (χ2n) is 4.72. The van der Waals surface area contributed by atoms with E-state index in [1.807, 2.05) is 18.2 Å². The largest absolute Gasteiger partial charge is 0.493 e. The van der Waals surface area contributed by atoms with Gasteiger partial charge in [-0.3, -0.25) is 4.79 Å². The summed E-state index contributed by atoms with van der Waals surface area (Å²) < 4.78 is 11.2. The Morgan fingerprint density at radius 1 is 1.33 bits per heavy atom. The molecule has 0 aromatic heterocycles. The highest BCUT2D eigenvalue weighted by molar-refractivity contribution is 6.18. The number of carbonyl (C=O) groups excluding carboxylic acids is 1. The molecule has 0 spiro atoms. The van der Waals surface area contributed by atoms with E-state index in [-0.39, 0.29) is 5.91 Å². The van der Waals surface area contributed by atoms with Crippen LogP contribution in [0.2, 0.25) is 0 Å². The second-order valence-corrected chi connectivity index (χ2v) is 5.10. The maximum atomic E-state index is 11.5. The van der Waals surface area contributed by atoms with E-state index >= 15 is 0 Å². The molecule has 0 saturated carbocycles. The van der Waals surface area contributed by atoms with Crippen molar-refractivity contribution in [2.45, 2.75) is 39.2 Å². The summed E-state index contributed by atoms with van der Waals surface area (Å²) in [5.41, 5.74) is 0.911. The van der Waals surface area contributed by atoms with E-state index in [9.17, 15) is 4.79 Å². The Hall–Kier alpha value is -1.42. The molecule has 1 aromatic rings. The van der Waals surface area contributed by atoms with Crippen LogP contribution in [0.15, 0.2) is 18.2 Å². The van der Waals surface area contributed by atoms with Crippen LogP contribution < -0.4 is 14.8 Å². The molecule has 0 fully saturated rings. The van der Waals surface area contributed by atoms with E-state index in [2.05, 4.69) is 12.2 Å². The number of alkyl halides is 1. The van der Waals surface area contributed by atoms with E-state index in [4.69, 9.17) is 21.1 Å². The minimum Gasteiger partial charge on any atom is -0.493 e. The fraction of sp³-hybridized carbons (Fsp3) is 0.562. The number of benzene rings is 1. The van der Waals surface area contributed by atoms with Gasteiger partial charge in [0, 0.05) is 24.4 Å². The van der Waals surface area contributed by atoms with Crippen molar-refractivity contribution in [3.63, 3.8) is 0 Å². The van der Waals surface area contributed by atoms with Crippen LogP contribution in [-0.4, -0.2) is 25.5 Å². The standard InChI is InChI=1S/C16H24ClNO3/c1-3-4-5-11-21-16-13(7-6-8-14(16)20-2)12-18-15(19)9-10-17/h6-8H,3-5,9-12H2,1-2H3,(H,18,19). The first-order valence-corrected chi connectivity index (χ1v) is 7.87. The van der Waals surface area contributed by atoms with Gasteiger partial charge in [-0.2, -0.15) is 0 Å². The lowest BCUT2D eigenvalue weighted by Gasteiger charge is -2.15. The summed E-state index contributed by atoms with van der Waals surface area (Å²) in [5, 5.41) is 2.83. The lowest BCUT2D eigenvalue weighted by molar-refractivity contribution is -0.120. The number of rotatable bonds is 10. The molecule has 0 aliphatic carbocycles. The molecule has 0 aliphatic rings. The molecule has 1 N–H and O–H groups in total. The number of hydrogen-bond acceptors (Lipinski definition) is 3. The third-order valence-electron chi connectivity index (χ3n) is 3.07. The Labute approximate surface area is 131 Å². The summed E-state index contributed by atoms with van der Waals surface area (Å²) in [6, 6.07) is 5.68. The molecule has 118 valence electrons. The Kier molecular flexibility index (Phi) is 8.67. The predicted octanol–water partition coefficient (Wildman–Crippen LogP) is 3.51. The Morgan fingerprint density at radius 2 is 2.14 bits per heavy atom. The van der Waals surface area contributed by atoms with Crippen LogP contribution >= 0.6 is 11.6 Å². The van der Waals surface area contributed by atoms with Crippen LogP contribution in [0, 0.1) is 0 Å². The highest BCUT2D eigenvalue weighted by Gasteiger charge is 2.11. The molecular weight excluding hydrogens is 290 g/mol. The normalized spacial score (nSPS) is 10.2. The van der Waals surface area contributed by atoms with Gasteiger partial charge >= 0.3 is 0 Å². The minimum absolute atomic E-state index is 0.0650. The number of carbonyl (C=O) groups is 1. The van der Waals surface area contributed by atoms with E-state index in [0.717, 1.165) is 24.8 Å². The third kappa shape index (κ3) is 6.25. The maximum absolute atomic E-state index is 11.5. The lowest BCUT2D eigenvalue weighted by atomic mass is 10.1. The zero-order valence-electron chi connectivity index (χ0n) is 12.8. The highest BCUT2D eigenvalue weighted by Crippen LogP contribution is 2.31. The van der Waals surface area contributed by atoms with Gasteiger partial charge in [0.2, 0.25) is 5.91 Å². The number of ether oxygens (including phenoxy) is 2.